The normalized spacial score (nSPS) is 14.6. The maximum Gasteiger partial charge on any atom is 0.472 e. The lowest BCUT2D eigenvalue weighted by molar-refractivity contribution is -0.123. The molecular weight excluding hydrogens is 635 g/mol. The SMILES string of the molecule is CCCC/C=C\C/C=C\CCCCCCCC(=O)NC(COP(=O)(O)OCCN)C(O)/C=C/CCCCCCCCCCCCCCCC. The van der Waals surface area contributed by atoms with Crippen LogP contribution in [0.15, 0.2) is 36.5 Å². The number of hydrogen-bond donors (Lipinski definition) is 4. The summed E-state index contributed by atoms with van der Waals surface area (Å²) in [5, 5.41) is 13.6. The van der Waals surface area contributed by atoms with Crippen LogP contribution in [0.4, 0.5) is 0 Å². The first-order valence-corrected chi connectivity index (χ1v) is 21.6. The molecule has 1 amide bonds. The highest BCUT2D eigenvalue weighted by Crippen LogP contribution is 2.43. The predicted molar refractivity (Wildman–Crippen MR) is 208 cm³/mol. The van der Waals surface area contributed by atoms with Crippen LogP contribution in [-0.4, -0.2) is 47.8 Å². The molecule has 8 nitrogen and oxygen atoms in total. The summed E-state index contributed by atoms with van der Waals surface area (Å²) in [6.45, 7) is 4.07. The monoisotopic (exact) mass is 713 g/mol. The van der Waals surface area contributed by atoms with Gasteiger partial charge < -0.3 is 21.1 Å². The van der Waals surface area contributed by atoms with E-state index < -0.39 is 20.0 Å². The van der Waals surface area contributed by atoms with Gasteiger partial charge in [-0.1, -0.05) is 166 Å². The number of aliphatic hydroxyl groups is 1. The van der Waals surface area contributed by atoms with Crippen LogP contribution in [0, 0.1) is 0 Å². The third-order valence-corrected chi connectivity index (χ3v) is 9.69. The van der Waals surface area contributed by atoms with Crippen LogP contribution in [0.3, 0.4) is 0 Å². The van der Waals surface area contributed by atoms with E-state index in [0.29, 0.717) is 6.42 Å². The summed E-state index contributed by atoms with van der Waals surface area (Å²) in [7, 11) is -4.34. The largest absolute Gasteiger partial charge is 0.472 e. The second kappa shape index (κ2) is 36.5. The van der Waals surface area contributed by atoms with Gasteiger partial charge in [-0.15, -0.1) is 0 Å². The number of nitrogens with two attached hydrogens (primary N) is 1. The Balaban J connectivity index is 4.31. The number of unbranched alkanes of at least 4 members (excludes halogenated alkanes) is 21. The van der Waals surface area contributed by atoms with Gasteiger partial charge in [0.1, 0.15) is 0 Å². The average molecular weight is 713 g/mol. The summed E-state index contributed by atoms with van der Waals surface area (Å²) in [6.07, 6.45) is 41.8. The van der Waals surface area contributed by atoms with Crippen molar-refractivity contribution in [1.29, 1.82) is 0 Å². The van der Waals surface area contributed by atoms with Gasteiger partial charge in [-0.2, -0.15) is 0 Å². The number of aliphatic hydroxyl groups excluding tert-OH is 1. The van der Waals surface area contributed by atoms with Gasteiger partial charge in [0.15, 0.2) is 0 Å². The number of nitrogens with one attached hydrogen (secondary N) is 1. The molecule has 0 bridgehead atoms. The van der Waals surface area contributed by atoms with E-state index in [-0.39, 0.29) is 25.7 Å². The van der Waals surface area contributed by atoms with Crippen LogP contribution in [0.2, 0.25) is 0 Å². The Kier molecular flexibility index (Phi) is 35.6. The Bertz CT molecular complexity index is 866. The highest BCUT2D eigenvalue weighted by Gasteiger charge is 2.26. The van der Waals surface area contributed by atoms with Crippen molar-refractivity contribution in [3.05, 3.63) is 36.5 Å². The zero-order chi connectivity index (χ0) is 36.1. The second-order valence-electron chi connectivity index (χ2n) is 13.5. The molecule has 288 valence electrons. The number of amides is 1. The molecule has 0 aliphatic heterocycles. The van der Waals surface area contributed by atoms with Crippen LogP contribution < -0.4 is 11.1 Å². The van der Waals surface area contributed by atoms with Crippen molar-refractivity contribution < 1.29 is 28.4 Å². The molecule has 0 aromatic carbocycles. The molecule has 0 spiro atoms. The molecular formula is C40H77N2O6P. The molecule has 9 heteroatoms. The topological polar surface area (TPSA) is 131 Å². The maximum absolute atomic E-state index is 12.7. The van der Waals surface area contributed by atoms with Crippen molar-refractivity contribution in [2.24, 2.45) is 5.73 Å². The van der Waals surface area contributed by atoms with E-state index in [9.17, 15) is 19.4 Å². The minimum absolute atomic E-state index is 0.0756. The fraction of sp³-hybridized carbons (Fsp3) is 0.825. The highest BCUT2D eigenvalue weighted by atomic mass is 31.2. The standard InChI is InChI=1S/C40H77N2O6P/c1-3-5-7-9-11-13-15-17-19-20-21-23-25-27-29-31-33-39(43)38(37-48-49(45,46)47-36-35-41)42-40(44)34-32-30-28-26-24-22-18-16-14-12-10-8-6-4-2/h10,12,16,18,31,33,38-39,43H,3-9,11,13-15,17,19-30,32,34-37,41H2,1-2H3,(H,42,44)(H,45,46)/b12-10-,18-16-,33-31+. The molecule has 0 radical (unpaired) electrons. The second-order valence-corrected chi connectivity index (χ2v) is 14.9. The van der Waals surface area contributed by atoms with E-state index in [4.69, 9.17) is 14.8 Å². The molecule has 3 atom stereocenters. The molecule has 0 aromatic rings. The van der Waals surface area contributed by atoms with Crippen LogP contribution in [0.1, 0.15) is 181 Å². The molecule has 0 rings (SSSR count). The number of carbonyl (C=O) groups is 1. The fourth-order valence-corrected chi connectivity index (χ4v) is 6.38. The van der Waals surface area contributed by atoms with E-state index in [1.807, 2.05) is 6.08 Å². The predicted octanol–water partition coefficient (Wildman–Crippen LogP) is 10.8. The molecule has 49 heavy (non-hydrogen) atoms. The third-order valence-electron chi connectivity index (χ3n) is 8.71. The molecule has 5 N–H and O–H groups in total. The van der Waals surface area contributed by atoms with E-state index in [0.717, 1.165) is 64.2 Å². The summed E-state index contributed by atoms with van der Waals surface area (Å²) in [5.74, 6) is -0.210. The van der Waals surface area contributed by atoms with E-state index in [2.05, 4.69) is 43.5 Å². The summed E-state index contributed by atoms with van der Waals surface area (Å²) in [5.41, 5.74) is 5.36. The smallest absolute Gasteiger partial charge is 0.387 e. The molecule has 0 fully saturated rings. The summed E-state index contributed by atoms with van der Waals surface area (Å²) in [4.78, 5) is 22.6. The summed E-state index contributed by atoms with van der Waals surface area (Å²) >= 11 is 0. The number of phosphoric acid groups is 1. The number of rotatable bonds is 37. The van der Waals surface area contributed by atoms with Crippen molar-refractivity contribution in [2.75, 3.05) is 19.8 Å². The maximum atomic E-state index is 12.7. The van der Waals surface area contributed by atoms with Crippen molar-refractivity contribution >= 4 is 13.7 Å². The zero-order valence-electron chi connectivity index (χ0n) is 31.7. The average Bonchev–Trinajstić information content (AvgIpc) is 3.09. The van der Waals surface area contributed by atoms with E-state index >= 15 is 0 Å². The first kappa shape index (κ1) is 47.7. The Morgan fingerprint density at radius 3 is 1.67 bits per heavy atom. The van der Waals surface area contributed by atoms with Crippen LogP contribution in [-0.2, 0) is 18.4 Å². The van der Waals surface area contributed by atoms with Gasteiger partial charge in [0, 0.05) is 13.0 Å². The molecule has 3 unspecified atom stereocenters. The quantitative estimate of drug-likeness (QED) is 0.0286. The van der Waals surface area contributed by atoms with Gasteiger partial charge >= 0.3 is 7.82 Å². The first-order chi connectivity index (χ1) is 23.9. The summed E-state index contributed by atoms with van der Waals surface area (Å²) < 4.78 is 22.1. The lowest BCUT2D eigenvalue weighted by Crippen LogP contribution is -2.45. The molecule has 0 saturated carbocycles. The van der Waals surface area contributed by atoms with Crippen LogP contribution >= 0.6 is 7.82 Å². The Hall–Kier alpha value is -1.28. The molecule has 0 aromatic heterocycles. The highest BCUT2D eigenvalue weighted by molar-refractivity contribution is 7.47. The molecule has 0 heterocycles. The van der Waals surface area contributed by atoms with E-state index in [1.165, 1.54) is 96.3 Å². The van der Waals surface area contributed by atoms with Crippen molar-refractivity contribution in [1.82, 2.24) is 5.32 Å². The molecule has 0 aliphatic carbocycles. The van der Waals surface area contributed by atoms with Crippen molar-refractivity contribution in [3.63, 3.8) is 0 Å². The third kappa shape index (κ3) is 34.9. The van der Waals surface area contributed by atoms with E-state index in [1.54, 1.807) is 6.08 Å². The fourth-order valence-electron chi connectivity index (χ4n) is 5.62. The minimum Gasteiger partial charge on any atom is -0.387 e. The van der Waals surface area contributed by atoms with Crippen LogP contribution in [0.25, 0.3) is 0 Å². The minimum atomic E-state index is -4.34. The molecule has 0 saturated heterocycles. The Morgan fingerprint density at radius 2 is 1.14 bits per heavy atom. The number of hydrogen-bond acceptors (Lipinski definition) is 6. The van der Waals surface area contributed by atoms with Gasteiger partial charge in [0.2, 0.25) is 5.91 Å². The van der Waals surface area contributed by atoms with Gasteiger partial charge in [0.25, 0.3) is 0 Å². The lowest BCUT2D eigenvalue weighted by Gasteiger charge is -2.23. The van der Waals surface area contributed by atoms with Gasteiger partial charge in [-0.3, -0.25) is 13.8 Å². The van der Waals surface area contributed by atoms with Crippen LogP contribution in [0.5, 0.6) is 0 Å². The van der Waals surface area contributed by atoms with Crippen molar-refractivity contribution in [2.45, 2.75) is 193 Å². The Morgan fingerprint density at radius 1 is 0.673 bits per heavy atom. The zero-order valence-corrected chi connectivity index (χ0v) is 32.6. The Labute approximate surface area is 301 Å². The summed E-state index contributed by atoms with van der Waals surface area (Å²) in [6, 6.07) is -0.865. The van der Waals surface area contributed by atoms with Crippen molar-refractivity contribution in [3.8, 4) is 0 Å². The van der Waals surface area contributed by atoms with Gasteiger partial charge in [-0.25, -0.2) is 4.57 Å². The lowest BCUT2D eigenvalue weighted by atomic mass is 10.0. The number of carbonyl (C=O) groups excluding carboxylic acids is 1. The molecule has 0 aliphatic rings. The first-order valence-electron chi connectivity index (χ1n) is 20.1. The van der Waals surface area contributed by atoms with Gasteiger partial charge in [-0.05, 0) is 44.9 Å². The number of phosphoric ester groups is 1. The van der Waals surface area contributed by atoms with Gasteiger partial charge in [0.05, 0.1) is 25.4 Å². The number of allylic oxidation sites excluding steroid dienone is 5.